The maximum Gasteiger partial charge on any atom is 0.167 e. The van der Waals surface area contributed by atoms with Crippen molar-refractivity contribution in [3.8, 4) is 57.2 Å². The molecule has 0 radical (unpaired) electrons. The van der Waals surface area contributed by atoms with Crippen LogP contribution in [-0.2, 0) is 0 Å². The maximum absolute atomic E-state index is 10.6. The van der Waals surface area contributed by atoms with Gasteiger partial charge in [-0.3, -0.25) is 0 Å². The summed E-state index contributed by atoms with van der Waals surface area (Å²) in [6.45, 7) is -0.131. The number of hydrogen-bond acceptors (Lipinski definition) is 9. The molecule has 0 fully saturated rings. The molecule has 4 aromatic rings. The highest BCUT2D eigenvalue weighted by atomic mass is 35.5. The first-order valence-corrected chi connectivity index (χ1v) is 11.0. The predicted octanol–water partition coefficient (Wildman–Crippen LogP) is 3.68. The lowest BCUT2D eigenvalue weighted by Crippen LogP contribution is -2.03. The first-order chi connectivity index (χ1) is 17.0. The molecule has 0 saturated carbocycles. The van der Waals surface area contributed by atoms with Crippen molar-refractivity contribution < 1.29 is 29.9 Å². The van der Waals surface area contributed by atoms with E-state index >= 15 is 0 Å². The number of aliphatic hydroxyl groups excluding tert-OH is 2. The molecular weight excluding hydrogens is 474 g/mol. The van der Waals surface area contributed by atoms with Crippen LogP contribution in [0.1, 0.15) is 0 Å². The molecule has 4 N–H and O–H groups in total. The van der Waals surface area contributed by atoms with E-state index in [9.17, 15) is 10.2 Å². The molecule has 1 heterocycles. The summed E-state index contributed by atoms with van der Waals surface area (Å²) in [6, 6.07) is 16.2. The summed E-state index contributed by atoms with van der Waals surface area (Å²) >= 11 is 6.02. The van der Waals surface area contributed by atoms with E-state index in [1.54, 1.807) is 48.5 Å². The summed E-state index contributed by atoms with van der Waals surface area (Å²) in [6.07, 6.45) is 0. The highest BCUT2D eigenvalue weighted by Gasteiger charge is 2.17. The smallest absolute Gasteiger partial charge is 0.167 e. The van der Waals surface area contributed by atoms with Gasteiger partial charge in [-0.05, 0) is 48.5 Å². The third kappa shape index (κ3) is 5.78. The Morgan fingerprint density at radius 2 is 1.09 bits per heavy atom. The fourth-order valence-electron chi connectivity index (χ4n) is 3.25. The summed E-state index contributed by atoms with van der Waals surface area (Å²) in [5.74, 6) is 1.15. The molecule has 0 bridgehead atoms. The number of benzene rings is 3. The Hall–Kier alpha value is -3.92. The molecule has 35 heavy (non-hydrogen) atoms. The molecule has 9 nitrogen and oxygen atoms in total. The number of aliphatic hydroxyl groups is 2. The number of phenolic OH excluding ortho intramolecular Hbond substituents is 2. The Kier molecular flexibility index (Phi) is 7.61. The van der Waals surface area contributed by atoms with Crippen LogP contribution < -0.4 is 9.47 Å². The molecule has 3 aromatic carbocycles. The van der Waals surface area contributed by atoms with Gasteiger partial charge in [-0.15, -0.1) is 0 Å². The first-order valence-electron chi connectivity index (χ1n) is 10.6. The number of aromatic nitrogens is 3. The van der Waals surface area contributed by atoms with Gasteiger partial charge in [0.15, 0.2) is 17.5 Å². The van der Waals surface area contributed by atoms with Gasteiger partial charge in [-0.1, -0.05) is 11.6 Å². The van der Waals surface area contributed by atoms with Crippen LogP contribution in [0.2, 0.25) is 5.02 Å². The molecule has 0 aliphatic heterocycles. The van der Waals surface area contributed by atoms with Crippen LogP contribution in [0.4, 0.5) is 0 Å². The largest absolute Gasteiger partial charge is 0.507 e. The van der Waals surface area contributed by atoms with Crippen LogP contribution in [0.3, 0.4) is 0 Å². The summed E-state index contributed by atoms with van der Waals surface area (Å²) in [5, 5.41) is 39.7. The molecular formula is C25H22ClN3O6. The molecule has 0 amide bonds. The quantitative estimate of drug-likeness (QED) is 0.274. The van der Waals surface area contributed by atoms with Gasteiger partial charge in [0.25, 0.3) is 0 Å². The van der Waals surface area contributed by atoms with Gasteiger partial charge in [0.2, 0.25) is 0 Å². The summed E-state index contributed by atoms with van der Waals surface area (Å²) in [4.78, 5) is 13.6. The van der Waals surface area contributed by atoms with Crippen LogP contribution in [0.15, 0.2) is 60.7 Å². The van der Waals surface area contributed by atoms with E-state index in [1.807, 2.05) is 0 Å². The zero-order chi connectivity index (χ0) is 24.8. The average Bonchev–Trinajstić information content (AvgIpc) is 2.86. The second-order valence-electron chi connectivity index (χ2n) is 7.32. The molecule has 0 aliphatic rings. The number of rotatable bonds is 9. The minimum atomic E-state index is -0.156. The van der Waals surface area contributed by atoms with Crippen molar-refractivity contribution in [2.24, 2.45) is 0 Å². The number of ether oxygens (including phenoxy) is 2. The van der Waals surface area contributed by atoms with Crippen LogP contribution in [0.5, 0.6) is 23.0 Å². The second kappa shape index (κ2) is 11.0. The molecule has 0 unspecified atom stereocenters. The van der Waals surface area contributed by atoms with Gasteiger partial charge in [0.05, 0.1) is 24.3 Å². The summed E-state index contributed by atoms with van der Waals surface area (Å²) in [7, 11) is 0. The third-order valence-corrected chi connectivity index (χ3v) is 5.13. The standard InChI is InChI=1S/C25H22ClN3O6/c26-16-3-1-15(2-4-16)23-27-24(19-7-5-17(13-21(19)32)34-11-9-30)29-25(28-23)20-8-6-18(14-22(20)33)35-12-10-31/h1-8,13-14,30-33H,9-12H2. The van der Waals surface area contributed by atoms with Crippen molar-refractivity contribution in [2.75, 3.05) is 26.4 Å². The molecule has 0 atom stereocenters. The van der Waals surface area contributed by atoms with E-state index < -0.39 is 0 Å². The SMILES string of the molecule is OCCOc1ccc(-c2nc(-c3ccc(Cl)cc3)nc(-c3ccc(OCCO)cc3O)n2)c(O)c1. The van der Waals surface area contributed by atoms with E-state index in [0.717, 1.165) is 0 Å². The molecule has 0 saturated heterocycles. The monoisotopic (exact) mass is 495 g/mol. The summed E-state index contributed by atoms with van der Waals surface area (Å²) in [5.41, 5.74) is 1.30. The molecule has 180 valence electrons. The number of hydrogen-bond donors (Lipinski definition) is 4. The third-order valence-electron chi connectivity index (χ3n) is 4.88. The predicted molar refractivity (Wildman–Crippen MR) is 130 cm³/mol. The first kappa shape index (κ1) is 24.2. The maximum atomic E-state index is 10.6. The Bertz CT molecular complexity index is 1240. The Morgan fingerprint density at radius 1 is 0.629 bits per heavy atom. The van der Waals surface area contributed by atoms with Crippen molar-refractivity contribution in [1.82, 2.24) is 15.0 Å². The van der Waals surface area contributed by atoms with E-state index in [4.69, 9.17) is 31.3 Å². The highest BCUT2D eigenvalue weighted by molar-refractivity contribution is 6.30. The fourth-order valence-corrected chi connectivity index (χ4v) is 3.38. The Morgan fingerprint density at radius 3 is 1.51 bits per heavy atom. The molecule has 0 spiro atoms. The van der Waals surface area contributed by atoms with Gasteiger partial charge in [-0.25, -0.2) is 15.0 Å². The fraction of sp³-hybridized carbons (Fsp3) is 0.160. The van der Waals surface area contributed by atoms with Crippen LogP contribution in [0.25, 0.3) is 34.2 Å². The highest BCUT2D eigenvalue weighted by Crippen LogP contribution is 2.35. The minimum Gasteiger partial charge on any atom is -0.507 e. The molecule has 0 aliphatic carbocycles. The van der Waals surface area contributed by atoms with E-state index in [2.05, 4.69) is 15.0 Å². The molecule has 1 aromatic heterocycles. The number of halogens is 1. The number of aromatic hydroxyl groups is 2. The summed E-state index contributed by atoms with van der Waals surface area (Å²) < 4.78 is 10.7. The Labute approximate surface area is 205 Å². The van der Waals surface area contributed by atoms with Crippen molar-refractivity contribution >= 4 is 11.6 Å². The molecule has 10 heteroatoms. The number of phenols is 2. The van der Waals surface area contributed by atoms with Crippen molar-refractivity contribution in [3.63, 3.8) is 0 Å². The Balaban J connectivity index is 1.81. The number of nitrogens with zero attached hydrogens (tertiary/aromatic N) is 3. The van der Waals surface area contributed by atoms with E-state index in [-0.39, 0.29) is 49.6 Å². The zero-order valence-corrected chi connectivity index (χ0v) is 19.2. The zero-order valence-electron chi connectivity index (χ0n) is 18.4. The van der Waals surface area contributed by atoms with Crippen LogP contribution in [-0.4, -0.2) is 61.8 Å². The minimum absolute atomic E-state index is 0.0900. The van der Waals surface area contributed by atoms with E-state index in [1.165, 1.54) is 12.1 Å². The lowest BCUT2D eigenvalue weighted by atomic mass is 10.1. The normalized spacial score (nSPS) is 10.8. The average molecular weight is 496 g/mol. The van der Waals surface area contributed by atoms with Gasteiger partial charge in [0, 0.05) is 22.7 Å². The lowest BCUT2D eigenvalue weighted by Gasteiger charge is -2.12. The van der Waals surface area contributed by atoms with Crippen molar-refractivity contribution in [2.45, 2.75) is 0 Å². The van der Waals surface area contributed by atoms with Crippen LogP contribution in [0, 0.1) is 0 Å². The van der Waals surface area contributed by atoms with Crippen LogP contribution >= 0.6 is 11.6 Å². The second-order valence-corrected chi connectivity index (χ2v) is 7.75. The van der Waals surface area contributed by atoms with Gasteiger partial charge < -0.3 is 29.9 Å². The molecule has 4 rings (SSSR count). The van der Waals surface area contributed by atoms with Gasteiger partial charge >= 0.3 is 0 Å². The van der Waals surface area contributed by atoms with Gasteiger partial charge in [-0.2, -0.15) is 0 Å². The van der Waals surface area contributed by atoms with Crippen molar-refractivity contribution in [1.29, 1.82) is 0 Å². The van der Waals surface area contributed by atoms with Crippen molar-refractivity contribution in [3.05, 3.63) is 65.7 Å². The topological polar surface area (TPSA) is 138 Å². The van der Waals surface area contributed by atoms with Gasteiger partial charge in [0.1, 0.15) is 36.2 Å². The van der Waals surface area contributed by atoms with E-state index in [0.29, 0.717) is 39.0 Å². The lowest BCUT2D eigenvalue weighted by molar-refractivity contribution is 0.201.